The lowest BCUT2D eigenvalue weighted by Crippen LogP contribution is -2.35. The molecule has 0 aromatic heterocycles. The van der Waals surface area contributed by atoms with Crippen LogP contribution in [0.4, 0.5) is 11.4 Å². The van der Waals surface area contributed by atoms with E-state index in [1.165, 1.54) is 5.56 Å². The van der Waals surface area contributed by atoms with Gasteiger partial charge in [0.1, 0.15) is 5.88 Å². The highest BCUT2D eigenvalue weighted by Gasteiger charge is 2.33. The van der Waals surface area contributed by atoms with Gasteiger partial charge in [-0.1, -0.05) is 24.3 Å². The minimum atomic E-state index is -3.25. The lowest BCUT2D eigenvalue weighted by molar-refractivity contribution is 0.0297. The molecular weight excluding hydrogens is 348 g/mol. The zero-order valence-electron chi connectivity index (χ0n) is 14.9. The maximum absolute atomic E-state index is 12.4. The molecule has 1 saturated heterocycles. The maximum Gasteiger partial charge on any atom is 0.198 e. The van der Waals surface area contributed by atoms with Crippen molar-refractivity contribution in [1.82, 2.24) is 5.32 Å². The van der Waals surface area contributed by atoms with Crippen LogP contribution in [0.3, 0.4) is 0 Å². The quantitative estimate of drug-likeness (QED) is 0.891. The summed E-state index contributed by atoms with van der Waals surface area (Å²) in [6.45, 7) is 3.74. The molecule has 2 aromatic rings. The first kappa shape index (κ1) is 17.5. The number of anilines is 2. The minimum Gasteiger partial charge on any atom is -0.378 e. The van der Waals surface area contributed by atoms with Crippen LogP contribution in [0.2, 0.25) is 0 Å². The maximum atomic E-state index is 12.4. The van der Waals surface area contributed by atoms with E-state index in [0.29, 0.717) is 11.0 Å². The summed E-state index contributed by atoms with van der Waals surface area (Å²) in [6.07, 6.45) is 2.32. The first-order valence-corrected chi connectivity index (χ1v) is 10.8. The first-order valence-electron chi connectivity index (χ1n) is 9.13. The molecule has 2 aliphatic heterocycles. The average molecular weight is 372 g/mol. The Balaban J connectivity index is 1.56. The molecule has 1 fully saturated rings. The van der Waals surface area contributed by atoms with Crippen LogP contribution in [0.5, 0.6) is 0 Å². The van der Waals surface area contributed by atoms with Gasteiger partial charge in [-0.15, -0.1) is 0 Å². The van der Waals surface area contributed by atoms with Crippen molar-refractivity contribution < 1.29 is 13.2 Å². The highest BCUT2D eigenvalue weighted by molar-refractivity contribution is 7.92. The van der Waals surface area contributed by atoms with Gasteiger partial charge in [0, 0.05) is 18.3 Å². The van der Waals surface area contributed by atoms with E-state index in [9.17, 15) is 8.42 Å². The molecule has 5 nitrogen and oxygen atoms in total. The largest absolute Gasteiger partial charge is 0.378 e. The van der Waals surface area contributed by atoms with Gasteiger partial charge in [-0.2, -0.15) is 0 Å². The lowest BCUT2D eigenvalue weighted by atomic mass is 9.95. The van der Waals surface area contributed by atoms with Gasteiger partial charge in [0.05, 0.1) is 16.7 Å². The van der Waals surface area contributed by atoms with Crippen LogP contribution in [-0.2, 0) is 14.6 Å². The predicted molar refractivity (Wildman–Crippen MR) is 102 cm³/mol. The molecule has 1 N–H and O–H groups in total. The first-order chi connectivity index (χ1) is 12.6. The third-order valence-electron chi connectivity index (χ3n) is 5.16. The number of rotatable bonds is 4. The molecule has 2 aliphatic rings. The summed E-state index contributed by atoms with van der Waals surface area (Å²) in [5.74, 6) is -0.000212. The van der Waals surface area contributed by atoms with Crippen molar-refractivity contribution in [2.45, 2.75) is 36.8 Å². The molecule has 0 unspecified atom stereocenters. The van der Waals surface area contributed by atoms with Crippen LogP contribution in [0.15, 0.2) is 53.4 Å². The Morgan fingerprint density at radius 2 is 1.92 bits per heavy atom. The Hall–Kier alpha value is -1.89. The number of nitrogens with one attached hydrogen (secondary N) is 1. The van der Waals surface area contributed by atoms with Crippen molar-refractivity contribution in [2.75, 3.05) is 23.9 Å². The summed E-state index contributed by atoms with van der Waals surface area (Å²) in [7, 11) is -3.25. The minimum absolute atomic E-state index is 0.000212. The van der Waals surface area contributed by atoms with Crippen LogP contribution in [-0.4, -0.2) is 33.6 Å². The smallest absolute Gasteiger partial charge is 0.198 e. The fraction of sp³-hybridized carbons (Fsp3) is 0.400. The highest BCUT2D eigenvalue weighted by atomic mass is 32.2. The summed E-state index contributed by atoms with van der Waals surface area (Å²) >= 11 is 0. The number of hydrogen-bond donors (Lipinski definition) is 1. The second kappa shape index (κ2) is 7.02. The SMILES string of the molecule is CCO[C@H]1CCN[C@H](c2ccc(N3CS(=O)(=O)c4ccccc43)cc2)C1. The molecule has 4 rings (SSSR count). The Morgan fingerprint density at radius 1 is 1.15 bits per heavy atom. The molecule has 0 amide bonds. The zero-order chi connectivity index (χ0) is 18.1. The Morgan fingerprint density at radius 3 is 2.69 bits per heavy atom. The summed E-state index contributed by atoms with van der Waals surface area (Å²) in [5, 5.41) is 3.55. The van der Waals surface area contributed by atoms with Gasteiger partial charge < -0.3 is 15.0 Å². The van der Waals surface area contributed by atoms with Crippen molar-refractivity contribution in [3.63, 3.8) is 0 Å². The number of ether oxygens (including phenoxy) is 1. The van der Waals surface area contributed by atoms with Gasteiger partial charge in [-0.05, 0) is 56.1 Å². The molecule has 2 heterocycles. The lowest BCUT2D eigenvalue weighted by Gasteiger charge is -2.30. The molecule has 0 saturated carbocycles. The van der Waals surface area contributed by atoms with Gasteiger partial charge in [0.15, 0.2) is 9.84 Å². The average Bonchev–Trinajstić information content (AvgIpc) is 2.94. The summed E-state index contributed by atoms with van der Waals surface area (Å²) < 4.78 is 30.6. The van der Waals surface area contributed by atoms with Crippen molar-refractivity contribution in [2.24, 2.45) is 0 Å². The molecule has 0 aliphatic carbocycles. The van der Waals surface area contributed by atoms with Gasteiger partial charge >= 0.3 is 0 Å². The third kappa shape index (κ3) is 3.24. The number of nitrogens with zero attached hydrogens (tertiary/aromatic N) is 1. The molecule has 0 bridgehead atoms. The van der Waals surface area contributed by atoms with Crippen molar-refractivity contribution in [3.8, 4) is 0 Å². The van der Waals surface area contributed by atoms with E-state index in [-0.39, 0.29) is 11.9 Å². The Bertz CT molecular complexity index is 878. The molecule has 0 spiro atoms. The highest BCUT2D eigenvalue weighted by Crippen LogP contribution is 2.39. The van der Waals surface area contributed by atoms with Crippen LogP contribution < -0.4 is 10.2 Å². The molecule has 2 atom stereocenters. The van der Waals surface area contributed by atoms with Gasteiger partial charge in [0.2, 0.25) is 0 Å². The number of benzene rings is 2. The standard InChI is InChI=1S/C20H24N2O3S/c1-2-25-17-11-12-21-18(13-17)15-7-9-16(10-8-15)22-14-26(23,24)20-6-4-3-5-19(20)22/h3-10,17-18,21H,2,11-14H2,1H3/t17-,18-/m0/s1. The number of fused-ring (bicyclic) bond motifs is 1. The van der Waals surface area contributed by atoms with Gasteiger partial charge in [0.25, 0.3) is 0 Å². The van der Waals surface area contributed by atoms with Crippen LogP contribution in [0.25, 0.3) is 0 Å². The number of sulfone groups is 1. The molecule has 0 radical (unpaired) electrons. The third-order valence-corrected chi connectivity index (χ3v) is 6.77. The van der Waals surface area contributed by atoms with E-state index < -0.39 is 9.84 Å². The molecule has 6 heteroatoms. The predicted octanol–water partition coefficient (Wildman–Crippen LogP) is 3.40. The Kier molecular flexibility index (Phi) is 4.73. The second-order valence-corrected chi connectivity index (χ2v) is 8.77. The van der Waals surface area contributed by atoms with Crippen LogP contribution in [0, 0.1) is 0 Å². The summed E-state index contributed by atoms with van der Waals surface area (Å²) in [4.78, 5) is 2.28. The molecule has 138 valence electrons. The fourth-order valence-electron chi connectivity index (χ4n) is 3.88. The summed E-state index contributed by atoms with van der Waals surface area (Å²) in [5.41, 5.74) is 2.88. The summed E-state index contributed by atoms with van der Waals surface area (Å²) in [6, 6.07) is 15.7. The normalized spacial score (nSPS) is 24.4. The van der Waals surface area contributed by atoms with Gasteiger partial charge in [-0.25, -0.2) is 8.42 Å². The number of piperidine rings is 1. The Labute approximate surface area is 154 Å². The van der Waals surface area contributed by atoms with Gasteiger partial charge in [-0.3, -0.25) is 0 Å². The monoisotopic (exact) mass is 372 g/mol. The molecule has 26 heavy (non-hydrogen) atoms. The van der Waals surface area contributed by atoms with E-state index in [2.05, 4.69) is 17.4 Å². The van der Waals surface area contributed by atoms with Crippen molar-refractivity contribution in [1.29, 1.82) is 0 Å². The molecular formula is C20H24N2O3S. The number of hydrogen-bond acceptors (Lipinski definition) is 5. The fourth-order valence-corrected chi connectivity index (χ4v) is 5.43. The van der Waals surface area contributed by atoms with E-state index >= 15 is 0 Å². The van der Waals surface area contributed by atoms with E-state index in [0.717, 1.165) is 37.4 Å². The van der Waals surface area contributed by atoms with E-state index in [1.807, 2.05) is 36.1 Å². The van der Waals surface area contributed by atoms with E-state index in [4.69, 9.17) is 4.74 Å². The zero-order valence-corrected chi connectivity index (χ0v) is 15.7. The van der Waals surface area contributed by atoms with Crippen molar-refractivity contribution >= 4 is 21.2 Å². The van der Waals surface area contributed by atoms with Crippen LogP contribution in [0.1, 0.15) is 31.4 Å². The van der Waals surface area contributed by atoms with Crippen LogP contribution >= 0.6 is 0 Å². The molecule has 2 aromatic carbocycles. The topological polar surface area (TPSA) is 58.6 Å². The number of para-hydroxylation sites is 1. The van der Waals surface area contributed by atoms with E-state index in [1.54, 1.807) is 12.1 Å². The second-order valence-electron chi connectivity index (χ2n) is 6.84. The van der Waals surface area contributed by atoms with Crippen molar-refractivity contribution in [3.05, 3.63) is 54.1 Å².